The number of rotatable bonds is 4. The minimum Gasteiger partial charge on any atom is -0.397 e. The summed E-state index contributed by atoms with van der Waals surface area (Å²) in [7, 11) is 0. The predicted molar refractivity (Wildman–Crippen MR) is 77.4 cm³/mol. The van der Waals surface area contributed by atoms with Crippen molar-refractivity contribution in [1.29, 1.82) is 0 Å². The Morgan fingerprint density at radius 2 is 2.35 bits per heavy atom. The van der Waals surface area contributed by atoms with Gasteiger partial charge in [0.15, 0.2) is 0 Å². The van der Waals surface area contributed by atoms with Gasteiger partial charge >= 0.3 is 0 Å². The molecule has 3 nitrogen and oxygen atoms in total. The average molecular weight is 312 g/mol. The van der Waals surface area contributed by atoms with Gasteiger partial charge in [-0.2, -0.15) is 0 Å². The molecule has 0 radical (unpaired) electrons. The van der Waals surface area contributed by atoms with Crippen molar-refractivity contribution in [2.45, 2.75) is 19.9 Å². The van der Waals surface area contributed by atoms with Crippen LogP contribution in [0.25, 0.3) is 0 Å². The summed E-state index contributed by atoms with van der Waals surface area (Å²) in [6.45, 7) is 2.97. The number of hydrogen-bond acceptors (Lipinski definition) is 4. The lowest BCUT2D eigenvalue weighted by Crippen LogP contribution is -2.02. The number of nitrogens with two attached hydrogens (primary N) is 1. The minimum atomic E-state index is 0.660. The molecule has 2 rings (SSSR count). The number of nitrogens with one attached hydrogen (secondary N) is 1. The minimum absolute atomic E-state index is 0.660. The van der Waals surface area contributed by atoms with Gasteiger partial charge < -0.3 is 11.1 Å². The Kier molecular flexibility index (Phi) is 4.02. The molecule has 0 amide bonds. The van der Waals surface area contributed by atoms with E-state index in [-0.39, 0.29) is 0 Å². The molecule has 0 saturated heterocycles. The number of hydrogen-bond donors (Lipinski definition) is 2. The molecule has 17 heavy (non-hydrogen) atoms. The molecule has 90 valence electrons. The molecule has 0 bridgehead atoms. The molecule has 0 saturated carbocycles. The number of pyridine rings is 1. The van der Waals surface area contributed by atoms with Gasteiger partial charge in [0.25, 0.3) is 0 Å². The maximum absolute atomic E-state index is 5.65. The number of anilines is 2. The molecule has 0 aliphatic heterocycles. The third-order valence-electron chi connectivity index (χ3n) is 2.50. The molecule has 0 unspecified atom stereocenters. The highest BCUT2D eigenvalue weighted by molar-refractivity contribution is 9.10. The highest BCUT2D eigenvalue weighted by atomic mass is 79.9. The van der Waals surface area contributed by atoms with E-state index in [1.165, 1.54) is 10.4 Å². The second-order valence-corrected chi connectivity index (χ2v) is 5.53. The quantitative estimate of drug-likeness (QED) is 0.906. The first-order chi connectivity index (χ1) is 8.20. The number of aromatic nitrogens is 1. The van der Waals surface area contributed by atoms with Gasteiger partial charge in [-0.15, -0.1) is 11.3 Å². The maximum Gasteiger partial charge on any atom is 0.140 e. The lowest BCUT2D eigenvalue weighted by atomic mass is 10.2. The Bertz CT molecular complexity index is 510. The summed E-state index contributed by atoms with van der Waals surface area (Å²) in [6, 6.07) is 4.03. The van der Waals surface area contributed by atoms with Crippen molar-refractivity contribution in [3.63, 3.8) is 0 Å². The molecular formula is C12H14BrN3S. The molecule has 0 fully saturated rings. The molecule has 0 atom stereocenters. The van der Waals surface area contributed by atoms with E-state index in [0.29, 0.717) is 5.69 Å². The summed E-state index contributed by atoms with van der Waals surface area (Å²) in [6.07, 6.45) is 2.72. The zero-order valence-electron chi connectivity index (χ0n) is 9.53. The zero-order valence-corrected chi connectivity index (χ0v) is 11.9. The van der Waals surface area contributed by atoms with E-state index in [4.69, 9.17) is 5.73 Å². The summed E-state index contributed by atoms with van der Waals surface area (Å²) < 4.78 is 0.895. The lowest BCUT2D eigenvalue weighted by Gasteiger charge is -2.08. The largest absolute Gasteiger partial charge is 0.397 e. The second kappa shape index (κ2) is 5.51. The van der Waals surface area contributed by atoms with E-state index >= 15 is 0 Å². The van der Waals surface area contributed by atoms with Crippen molar-refractivity contribution < 1.29 is 0 Å². The van der Waals surface area contributed by atoms with Crippen LogP contribution in [0.4, 0.5) is 11.5 Å². The Morgan fingerprint density at radius 1 is 1.53 bits per heavy atom. The molecule has 0 aliphatic rings. The fraction of sp³-hybridized carbons (Fsp3) is 0.250. The molecular weight excluding hydrogens is 298 g/mol. The van der Waals surface area contributed by atoms with Crippen LogP contribution in [0.1, 0.15) is 17.4 Å². The van der Waals surface area contributed by atoms with Gasteiger partial charge in [0.05, 0.1) is 22.9 Å². The molecule has 3 N–H and O–H groups in total. The van der Waals surface area contributed by atoms with Crippen molar-refractivity contribution >= 4 is 38.8 Å². The van der Waals surface area contributed by atoms with Crippen LogP contribution < -0.4 is 11.1 Å². The van der Waals surface area contributed by atoms with Gasteiger partial charge in [0.1, 0.15) is 5.82 Å². The number of halogens is 1. The van der Waals surface area contributed by atoms with Crippen molar-refractivity contribution in [2.24, 2.45) is 0 Å². The first-order valence-electron chi connectivity index (χ1n) is 5.41. The third-order valence-corrected chi connectivity index (χ3v) is 4.07. The normalized spacial score (nSPS) is 10.5. The Labute approximate surface area is 113 Å². The van der Waals surface area contributed by atoms with E-state index in [2.05, 4.69) is 44.6 Å². The van der Waals surface area contributed by atoms with Crippen LogP contribution in [-0.4, -0.2) is 4.98 Å². The van der Waals surface area contributed by atoms with Gasteiger partial charge in [0, 0.05) is 4.88 Å². The Balaban J connectivity index is 2.07. The highest BCUT2D eigenvalue weighted by Gasteiger charge is 2.05. The molecule has 2 heterocycles. The maximum atomic E-state index is 5.65. The van der Waals surface area contributed by atoms with Gasteiger partial charge in [-0.1, -0.05) is 6.92 Å². The molecule has 0 aliphatic carbocycles. The smallest absolute Gasteiger partial charge is 0.140 e. The van der Waals surface area contributed by atoms with Gasteiger partial charge in [-0.25, -0.2) is 4.98 Å². The highest BCUT2D eigenvalue weighted by Crippen LogP contribution is 2.24. The van der Waals surface area contributed by atoms with Gasteiger partial charge in [-0.05, 0) is 45.4 Å². The van der Waals surface area contributed by atoms with E-state index in [9.17, 15) is 0 Å². The van der Waals surface area contributed by atoms with Crippen LogP contribution in [0.2, 0.25) is 0 Å². The van der Waals surface area contributed by atoms with E-state index in [1.54, 1.807) is 17.5 Å². The van der Waals surface area contributed by atoms with E-state index < -0.39 is 0 Å². The lowest BCUT2D eigenvalue weighted by molar-refractivity contribution is 1.06. The van der Waals surface area contributed by atoms with Crippen molar-refractivity contribution in [2.75, 3.05) is 11.1 Å². The SMILES string of the molecule is CCc1ccsc1CNc1ncc(N)cc1Br. The summed E-state index contributed by atoms with van der Waals surface area (Å²) in [5.74, 6) is 0.828. The van der Waals surface area contributed by atoms with E-state index in [1.807, 2.05) is 6.07 Å². The van der Waals surface area contributed by atoms with Crippen LogP contribution in [0.5, 0.6) is 0 Å². The summed E-state index contributed by atoms with van der Waals surface area (Å²) in [5, 5.41) is 5.44. The zero-order chi connectivity index (χ0) is 12.3. The number of nitrogens with zero attached hydrogens (tertiary/aromatic N) is 1. The van der Waals surface area contributed by atoms with Crippen LogP contribution in [0.15, 0.2) is 28.2 Å². The Morgan fingerprint density at radius 3 is 3.06 bits per heavy atom. The number of nitrogen functional groups attached to an aromatic ring is 1. The van der Waals surface area contributed by atoms with Crippen LogP contribution in [-0.2, 0) is 13.0 Å². The van der Waals surface area contributed by atoms with Crippen molar-refractivity contribution in [3.8, 4) is 0 Å². The fourth-order valence-corrected chi connectivity index (χ4v) is 3.01. The first kappa shape index (κ1) is 12.4. The van der Waals surface area contributed by atoms with Crippen molar-refractivity contribution in [1.82, 2.24) is 4.98 Å². The summed E-state index contributed by atoms with van der Waals surface area (Å²) in [5.41, 5.74) is 7.70. The second-order valence-electron chi connectivity index (χ2n) is 3.68. The van der Waals surface area contributed by atoms with Crippen LogP contribution in [0.3, 0.4) is 0 Å². The predicted octanol–water partition coefficient (Wildman–Crippen LogP) is 3.66. The van der Waals surface area contributed by atoms with Crippen LogP contribution in [0, 0.1) is 0 Å². The van der Waals surface area contributed by atoms with Gasteiger partial charge in [-0.3, -0.25) is 0 Å². The van der Waals surface area contributed by atoms with Crippen molar-refractivity contribution in [3.05, 3.63) is 38.6 Å². The van der Waals surface area contributed by atoms with Crippen LogP contribution >= 0.6 is 27.3 Å². The molecule has 5 heteroatoms. The van der Waals surface area contributed by atoms with E-state index in [0.717, 1.165) is 23.3 Å². The summed E-state index contributed by atoms with van der Waals surface area (Å²) >= 11 is 5.22. The molecule has 0 spiro atoms. The monoisotopic (exact) mass is 311 g/mol. The molecule has 2 aromatic heterocycles. The summed E-state index contributed by atoms with van der Waals surface area (Å²) in [4.78, 5) is 5.61. The molecule has 2 aromatic rings. The molecule has 0 aromatic carbocycles. The average Bonchev–Trinajstić information content (AvgIpc) is 2.75. The topological polar surface area (TPSA) is 50.9 Å². The number of aryl methyl sites for hydroxylation is 1. The Hall–Kier alpha value is -1.07. The third kappa shape index (κ3) is 2.98. The van der Waals surface area contributed by atoms with Gasteiger partial charge in [0.2, 0.25) is 0 Å². The number of thiophene rings is 1. The first-order valence-corrected chi connectivity index (χ1v) is 7.08. The standard InChI is InChI=1S/C12H14BrN3S/c1-2-8-3-4-17-11(8)7-16-12-10(13)5-9(14)6-15-12/h3-6H,2,7,14H2,1H3,(H,15,16). The fourth-order valence-electron chi connectivity index (χ4n) is 1.58.